The summed E-state index contributed by atoms with van der Waals surface area (Å²) in [5, 5.41) is 13.4. The van der Waals surface area contributed by atoms with Crippen molar-refractivity contribution >= 4 is 39.9 Å². The predicted molar refractivity (Wildman–Crippen MR) is 125 cm³/mol. The molecule has 31 heavy (non-hydrogen) atoms. The molecule has 0 unspecified atom stereocenters. The number of hydrogen-bond donors (Lipinski definition) is 4. The van der Waals surface area contributed by atoms with Gasteiger partial charge >= 0.3 is 0 Å². The monoisotopic (exact) mass is 445 g/mol. The van der Waals surface area contributed by atoms with Gasteiger partial charge in [0.1, 0.15) is 0 Å². The molecule has 0 spiro atoms. The van der Waals surface area contributed by atoms with Gasteiger partial charge in [-0.3, -0.25) is 15.0 Å². The number of amides is 2. The Morgan fingerprint density at radius 3 is 2.39 bits per heavy atom. The molecule has 1 heterocycles. The number of guanidine groups is 1. The number of benzene rings is 1. The lowest BCUT2D eigenvalue weighted by atomic mass is 10.1. The van der Waals surface area contributed by atoms with E-state index >= 15 is 0 Å². The second-order valence-corrected chi connectivity index (χ2v) is 8.67. The molecule has 5 N–H and O–H groups in total. The summed E-state index contributed by atoms with van der Waals surface area (Å²) in [6.07, 6.45) is 1.98. The van der Waals surface area contributed by atoms with Crippen LogP contribution in [0.3, 0.4) is 0 Å². The predicted octanol–water partition coefficient (Wildman–Crippen LogP) is 2.10. The van der Waals surface area contributed by atoms with Crippen LogP contribution in [0.1, 0.15) is 29.5 Å². The quantitative estimate of drug-likeness (QED) is 0.328. The topological polar surface area (TPSA) is 127 Å². The highest BCUT2D eigenvalue weighted by atomic mass is 32.1. The van der Waals surface area contributed by atoms with Crippen LogP contribution < -0.4 is 16.4 Å². The first-order valence-electron chi connectivity index (χ1n) is 9.99. The number of aromatic nitrogens is 1. The molecule has 0 aliphatic rings. The molecule has 0 saturated carbocycles. The average molecular weight is 446 g/mol. The lowest BCUT2D eigenvalue weighted by Crippen LogP contribution is -2.27. The molecular formula is C21H31N7O2S. The molecule has 0 aliphatic heterocycles. The van der Waals surface area contributed by atoms with Crippen molar-refractivity contribution in [3.8, 4) is 0 Å². The van der Waals surface area contributed by atoms with Gasteiger partial charge in [0, 0.05) is 51.1 Å². The fourth-order valence-corrected chi connectivity index (χ4v) is 4.05. The van der Waals surface area contributed by atoms with E-state index in [9.17, 15) is 9.59 Å². The van der Waals surface area contributed by atoms with Crippen LogP contribution >= 0.6 is 11.3 Å². The van der Waals surface area contributed by atoms with E-state index < -0.39 is 0 Å². The van der Waals surface area contributed by atoms with Gasteiger partial charge in [0.05, 0.1) is 5.69 Å². The molecule has 0 aliphatic carbocycles. The van der Waals surface area contributed by atoms with Crippen LogP contribution in [0.15, 0.2) is 24.3 Å². The lowest BCUT2D eigenvalue weighted by Gasteiger charge is -2.17. The van der Waals surface area contributed by atoms with Crippen LogP contribution in [0.2, 0.25) is 0 Å². The maximum atomic E-state index is 11.9. The third-order valence-corrected chi connectivity index (χ3v) is 5.56. The SMILES string of the molecule is CC(=O)Nc1nc(CCc2ccc(NC(=N)N)cc2)c(CN(C)CCC(=O)N(C)C)s1. The highest BCUT2D eigenvalue weighted by molar-refractivity contribution is 7.15. The molecule has 0 saturated heterocycles. The Morgan fingerprint density at radius 2 is 1.81 bits per heavy atom. The largest absolute Gasteiger partial charge is 0.370 e. The third-order valence-electron chi connectivity index (χ3n) is 4.56. The van der Waals surface area contributed by atoms with Gasteiger partial charge in [0.15, 0.2) is 11.1 Å². The van der Waals surface area contributed by atoms with E-state index in [1.807, 2.05) is 31.3 Å². The van der Waals surface area contributed by atoms with E-state index in [-0.39, 0.29) is 17.8 Å². The summed E-state index contributed by atoms with van der Waals surface area (Å²) in [5.41, 5.74) is 8.21. The first-order chi connectivity index (χ1) is 14.6. The first-order valence-corrected chi connectivity index (χ1v) is 10.8. The third kappa shape index (κ3) is 8.35. The van der Waals surface area contributed by atoms with Crippen LogP contribution in [-0.2, 0) is 29.0 Å². The van der Waals surface area contributed by atoms with Gasteiger partial charge in [-0.05, 0) is 37.6 Å². The van der Waals surface area contributed by atoms with Gasteiger partial charge in [-0.2, -0.15) is 0 Å². The summed E-state index contributed by atoms with van der Waals surface area (Å²) in [4.78, 5) is 32.7. The summed E-state index contributed by atoms with van der Waals surface area (Å²) in [7, 11) is 5.49. The Labute approximate surface area is 187 Å². The van der Waals surface area contributed by atoms with Crippen molar-refractivity contribution in [1.82, 2.24) is 14.8 Å². The number of thiazole rings is 1. The van der Waals surface area contributed by atoms with Crippen LogP contribution in [0.25, 0.3) is 0 Å². The highest BCUT2D eigenvalue weighted by Crippen LogP contribution is 2.26. The van der Waals surface area contributed by atoms with Crippen LogP contribution in [-0.4, -0.2) is 60.2 Å². The Kier molecular flexibility index (Phi) is 8.95. The second-order valence-electron chi connectivity index (χ2n) is 7.58. The van der Waals surface area contributed by atoms with Crippen molar-refractivity contribution in [3.63, 3.8) is 0 Å². The number of aryl methyl sites for hydroxylation is 2. The fourth-order valence-electron chi connectivity index (χ4n) is 2.91. The maximum absolute atomic E-state index is 11.9. The van der Waals surface area contributed by atoms with Gasteiger partial charge in [-0.1, -0.05) is 12.1 Å². The minimum absolute atomic E-state index is 0.0954. The number of carbonyl (C=O) groups is 2. The van der Waals surface area contributed by atoms with Crippen LogP contribution in [0.5, 0.6) is 0 Å². The summed E-state index contributed by atoms with van der Waals surface area (Å²) >= 11 is 1.47. The zero-order valence-electron chi connectivity index (χ0n) is 18.5. The van der Waals surface area contributed by atoms with Crippen molar-refractivity contribution < 1.29 is 9.59 Å². The van der Waals surface area contributed by atoms with Gasteiger partial charge < -0.3 is 26.2 Å². The number of anilines is 2. The number of hydrogen-bond acceptors (Lipinski definition) is 6. The first kappa shape index (κ1) is 24.3. The Bertz CT molecular complexity index is 909. The van der Waals surface area contributed by atoms with E-state index in [1.54, 1.807) is 19.0 Å². The molecule has 2 amide bonds. The molecule has 2 aromatic rings. The molecule has 9 nitrogen and oxygen atoms in total. The Morgan fingerprint density at radius 1 is 1.13 bits per heavy atom. The van der Waals surface area contributed by atoms with Crippen LogP contribution in [0.4, 0.5) is 10.8 Å². The standard InChI is InChI=1S/C21H31N7O2S/c1-14(29)24-21-26-17(10-7-15-5-8-16(9-6-15)25-20(22)23)18(31-21)13-28(4)12-11-19(30)27(2)3/h5-6,8-9H,7,10-13H2,1-4H3,(H4,22,23,25)(H,24,26,29). The highest BCUT2D eigenvalue weighted by Gasteiger charge is 2.15. The Balaban J connectivity index is 2.05. The molecular weight excluding hydrogens is 414 g/mol. The van der Waals surface area contributed by atoms with Crippen molar-refractivity contribution in [2.45, 2.75) is 32.7 Å². The number of nitrogens with zero attached hydrogens (tertiary/aromatic N) is 3. The van der Waals surface area contributed by atoms with E-state index in [2.05, 4.69) is 20.5 Å². The molecule has 10 heteroatoms. The summed E-state index contributed by atoms with van der Waals surface area (Å²) in [5.74, 6) is -0.148. The maximum Gasteiger partial charge on any atom is 0.223 e. The molecule has 0 atom stereocenters. The molecule has 0 fully saturated rings. The smallest absolute Gasteiger partial charge is 0.223 e. The normalized spacial score (nSPS) is 10.7. The van der Waals surface area contributed by atoms with Crippen molar-refractivity contribution in [2.24, 2.45) is 5.73 Å². The van der Waals surface area contributed by atoms with Crippen molar-refractivity contribution in [2.75, 3.05) is 38.3 Å². The molecule has 1 aromatic heterocycles. The molecule has 1 aromatic carbocycles. The summed E-state index contributed by atoms with van der Waals surface area (Å²) < 4.78 is 0. The number of nitrogens with one attached hydrogen (secondary N) is 3. The molecule has 0 radical (unpaired) electrons. The Hall–Kier alpha value is -2.98. The van der Waals surface area contributed by atoms with Gasteiger partial charge in [0.25, 0.3) is 0 Å². The van der Waals surface area contributed by atoms with Crippen molar-refractivity contribution in [3.05, 3.63) is 40.4 Å². The zero-order chi connectivity index (χ0) is 23.0. The van der Waals surface area contributed by atoms with Crippen molar-refractivity contribution in [1.29, 1.82) is 5.41 Å². The molecule has 0 bridgehead atoms. The lowest BCUT2D eigenvalue weighted by molar-refractivity contribution is -0.129. The summed E-state index contributed by atoms with van der Waals surface area (Å²) in [6.45, 7) is 2.78. The minimum atomic E-state index is -0.148. The van der Waals surface area contributed by atoms with Gasteiger partial charge in [0.2, 0.25) is 11.8 Å². The van der Waals surface area contributed by atoms with E-state index in [1.165, 1.54) is 18.3 Å². The average Bonchev–Trinajstić information content (AvgIpc) is 3.05. The number of nitrogens with two attached hydrogens (primary N) is 1. The molecule has 168 valence electrons. The van der Waals surface area contributed by atoms with E-state index in [0.29, 0.717) is 24.6 Å². The number of carbonyl (C=O) groups excluding carboxylic acids is 2. The van der Waals surface area contributed by atoms with E-state index in [0.717, 1.165) is 34.7 Å². The fraction of sp³-hybridized carbons (Fsp3) is 0.429. The van der Waals surface area contributed by atoms with Gasteiger partial charge in [-0.25, -0.2) is 4.98 Å². The number of rotatable bonds is 10. The zero-order valence-corrected chi connectivity index (χ0v) is 19.3. The van der Waals surface area contributed by atoms with Gasteiger partial charge in [-0.15, -0.1) is 11.3 Å². The summed E-state index contributed by atoms with van der Waals surface area (Å²) in [6, 6.07) is 7.75. The molecule has 2 rings (SSSR count). The minimum Gasteiger partial charge on any atom is -0.370 e. The van der Waals surface area contributed by atoms with Crippen LogP contribution in [0, 0.1) is 5.41 Å². The second kappa shape index (κ2) is 11.4. The van der Waals surface area contributed by atoms with E-state index in [4.69, 9.17) is 11.1 Å².